The van der Waals surface area contributed by atoms with Crippen LogP contribution in [0, 0.1) is 10.1 Å². The third-order valence-electron chi connectivity index (χ3n) is 3.48. The molecule has 0 fully saturated rings. The summed E-state index contributed by atoms with van der Waals surface area (Å²) >= 11 is 0. The van der Waals surface area contributed by atoms with Crippen molar-refractivity contribution in [3.63, 3.8) is 0 Å². The molecule has 2 rings (SSSR count). The molecule has 2 heterocycles. The number of rotatable bonds is 9. The van der Waals surface area contributed by atoms with E-state index in [2.05, 4.69) is 16.9 Å². The summed E-state index contributed by atoms with van der Waals surface area (Å²) in [4.78, 5) is 31.4. The van der Waals surface area contributed by atoms with Crippen molar-refractivity contribution in [2.75, 3.05) is 19.7 Å². The SMILES string of the molecule is CCCCN(CCOc1cnc(-c2ccc([N+](=O)[O-])o2)nc1)C(C)=O. The van der Waals surface area contributed by atoms with E-state index in [1.165, 1.54) is 31.5 Å². The van der Waals surface area contributed by atoms with Crippen molar-refractivity contribution in [3.8, 4) is 17.3 Å². The number of furan rings is 1. The second kappa shape index (κ2) is 8.76. The predicted molar refractivity (Wildman–Crippen MR) is 89.0 cm³/mol. The molecule has 0 aliphatic heterocycles. The van der Waals surface area contributed by atoms with Crippen molar-refractivity contribution < 1.29 is 18.9 Å². The Kier molecular flexibility index (Phi) is 6.44. The zero-order valence-electron chi connectivity index (χ0n) is 14.2. The van der Waals surface area contributed by atoms with Crippen LogP contribution in [0.5, 0.6) is 5.75 Å². The monoisotopic (exact) mass is 348 g/mol. The minimum Gasteiger partial charge on any atom is -0.489 e. The minimum atomic E-state index is -0.625. The molecule has 0 saturated carbocycles. The third kappa shape index (κ3) is 5.27. The lowest BCUT2D eigenvalue weighted by atomic mass is 10.3. The summed E-state index contributed by atoms with van der Waals surface area (Å²) in [6, 6.07) is 2.68. The van der Waals surface area contributed by atoms with Gasteiger partial charge in [-0.1, -0.05) is 13.3 Å². The summed E-state index contributed by atoms with van der Waals surface area (Å²) < 4.78 is 10.6. The van der Waals surface area contributed by atoms with E-state index < -0.39 is 4.92 Å². The molecule has 9 heteroatoms. The van der Waals surface area contributed by atoms with E-state index in [0.29, 0.717) is 25.4 Å². The summed E-state index contributed by atoms with van der Waals surface area (Å²) in [6.45, 7) is 5.14. The molecule has 0 aliphatic rings. The first-order valence-corrected chi connectivity index (χ1v) is 7.96. The molecule has 2 aromatic rings. The van der Waals surface area contributed by atoms with E-state index in [4.69, 9.17) is 9.15 Å². The normalized spacial score (nSPS) is 10.5. The van der Waals surface area contributed by atoms with Gasteiger partial charge in [-0.2, -0.15) is 0 Å². The van der Waals surface area contributed by atoms with Crippen molar-refractivity contribution >= 4 is 11.8 Å². The summed E-state index contributed by atoms with van der Waals surface area (Å²) in [5.74, 6) is 0.538. The summed E-state index contributed by atoms with van der Waals surface area (Å²) in [5.41, 5.74) is 0. The lowest BCUT2D eigenvalue weighted by Crippen LogP contribution is -2.33. The Balaban J connectivity index is 1.89. The average Bonchev–Trinajstić information content (AvgIpc) is 3.08. The molecular weight excluding hydrogens is 328 g/mol. The van der Waals surface area contributed by atoms with Crippen molar-refractivity contribution in [2.45, 2.75) is 26.7 Å². The Hall–Kier alpha value is -2.97. The molecule has 9 nitrogen and oxygen atoms in total. The zero-order chi connectivity index (χ0) is 18.2. The molecule has 0 radical (unpaired) electrons. The van der Waals surface area contributed by atoms with E-state index in [1.54, 1.807) is 4.90 Å². The van der Waals surface area contributed by atoms with E-state index in [-0.39, 0.29) is 23.4 Å². The van der Waals surface area contributed by atoms with Gasteiger partial charge in [0.1, 0.15) is 11.5 Å². The predicted octanol–water partition coefficient (Wildman–Crippen LogP) is 2.67. The number of nitrogens with zero attached hydrogens (tertiary/aromatic N) is 4. The number of hydrogen-bond acceptors (Lipinski definition) is 7. The van der Waals surface area contributed by atoms with Gasteiger partial charge in [0.05, 0.1) is 25.0 Å². The van der Waals surface area contributed by atoms with Gasteiger partial charge in [-0.3, -0.25) is 14.9 Å². The summed E-state index contributed by atoms with van der Waals surface area (Å²) in [5, 5.41) is 10.6. The van der Waals surface area contributed by atoms with E-state index in [9.17, 15) is 14.9 Å². The van der Waals surface area contributed by atoms with E-state index in [0.717, 1.165) is 12.8 Å². The second-order valence-corrected chi connectivity index (χ2v) is 5.35. The molecule has 25 heavy (non-hydrogen) atoms. The second-order valence-electron chi connectivity index (χ2n) is 5.35. The highest BCUT2D eigenvalue weighted by Crippen LogP contribution is 2.23. The van der Waals surface area contributed by atoms with Gasteiger partial charge in [-0.15, -0.1) is 0 Å². The van der Waals surface area contributed by atoms with Crippen LogP contribution in [-0.4, -0.2) is 45.4 Å². The zero-order valence-corrected chi connectivity index (χ0v) is 14.2. The Morgan fingerprint density at radius 3 is 2.60 bits per heavy atom. The van der Waals surface area contributed by atoms with Crippen LogP contribution in [0.1, 0.15) is 26.7 Å². The molecule has 0 bridgehead atoms. The number of amides is 1. The van der Waals surface area contributed by atoms with Gasteiger partial charge in [0.15, 0.2) is 17.3 Å². The van der Waals surface area contributed by atoms with Gasteiger partial charge in [0.2, 0.25) is 5.91 Å². The van der Waals surface area contributed by atoms with Crippen LogP contribution in [0.2, 0.25) is 0 Å². The number of carbonyl (C=O) groups excluding carboxylic acids is 1. The average molecular weight is 348 g/mol. The van der Waals surface area contributed by atoms with Gasteiger partial charge in [-0.25, -0.2) is 9.97 Å². The molecule has 134 valence electrons. The molecular formula is C16H20N4O5. The fourth-order valence-corrected chi connectivity index (χ4v) is 2.11. The van der Waals surface area contributed by atoms with Crippen LogP contribution in [0.15, 0.2) is 28.9 Å². The largest absolute Gasteiger partial charge is 0.489 e. The Morgan fingerprint density at radius 1 is 1.32 bits per heavy atom. The highest BCUT2D eigenvalue weighted by atomic mass is 16.6. The van der Waals surface area contributed by atoms with Crippen molar-refractivity contribution in [2.24, 2.45) is 0 Å². The molecule has 0 atom stereocenters. The Labute approximate surface area is 144 Å². The number of nitro groups is 1. The van der Waals surface area contributed by atoms with Gasteiger partial charge in [-0.05, 0) is 12.5 Å². The van der Waals surface area contributed by atoms with Crippen molar-refractivity contribution in [1.82, 2.24) is 14.9 Å². The molecule has 0 unspecified atom stereocenters. The highest BCUT2D eigenvalue weighted by Gasteiger charge is 2.15. The lowest BCUT2D eigenvalue weighted by Gasteiger charge is -2.20. The Morgan fingerprint density at radius 2 is 2.04 bits per heavy atom. The first kappa shape index (κ1) is 18.4. The van der Waals surface area contributed by atoms with Gasteiger partial charge >= 0.3 is 5.88 Å². The molecule has 0 aromatic carbocycles. The fraction of sp³-hybridized carbons (Fsp3) is 0.438. The number of hydrogen-bond donors (Lipinski definition) is 0. The van der Waals surface area contributed by atoms with Crippen LogP contribution in [0.3, 0.4) is 0 Å². The van der Waals surface area contributed by atoms with Crippen LogP contribution in [0.4, 0.5) is 5.88 Å². The fourth-order valence-electron chi connectivity index (χ4n) is 2.11. The van der Waals surface area contributed by atoms with Crippen molar-refractivity contribution in [3.05, 3.63) is 34.6 Å². The first-order chi connectivity index (χ1) is 12.0. The van der Waals surface area contributed by atoms with Crippen LogP contribution in [-0.2, 0) is 4.79 Å². The quantitative estimate of drug-likeness (QED) is 0.506. The number of aromatic nitrogens is 2. The maximum absolute atomic E-state index is 11.5. The van der Waals surface area contributed by atoms with Crippen molar-refractivity contribution in [1.29, 1.82) is 0 Å². The number of unbranched alkanes of at least 4 members (excludes halogenated alkanes) is 1. The molecule has 0 saturated heterocycles. The summed E-state index contributed by atoms with van der Waals surface area (Å²) in [6.07, 6.45) is 4.89. The first-order valence-electron chi connectivity index (χ1n) is 7.96. The molecule has 2 aromatic heterocycles. The van der Waals surface area contributed by atoms with E-state index in [1.807, 2.05) is 0 Å². The lowest BCUT2D eigenvalue weighted by molar-refractivity contribution is -0.401. The standard InChI is InChI=1S/C16H20N4O5/c1-3-4-7-19(12(2)21)8-9-24-13-10-17-16(18-11-13)14-5-6-15(25-14)20(22)23/h5-6,10-11H,3-4,7-9H2,1-2H3. The smallest absolute Gasteiger partial charge is 0.433 e. The molecule has 0 aliphatic carbocycles. The van der Waals surface area contributed by atoms with Gasteiger partial charge < -0.3 is 14.1 Å². The summed E-state index contributed by atoms with van der Waals surface area (Å²) in [7, 11) is 0. The minimum absolute atomic E-state index is 0.0167. The maximum Gasteiger partial charge on any atom is 0.433 e. The van der Waals surface area contributed by atoms with Crippen LogP contribution < -0.4 is 4.74 Å². The van der Waals surface area contributed by atoms with Gasteiger partial charge in [0.25, 0.3) is 0 Å². The highest BCUT2D eigenvalue weighted by molar-refractivity contribution is 5.73. The molecule has 0 N–H and O–H groups in total. The van der Waals surface area contributed by atoms with Crippen LogP contribution in [0.25, 0.3) is 11.6 Å². The van der Waals surface area contributed by atoms with Crippen LogP contribution >= 0.6 is 0 Å². The maximum atomic E-state index is 11.5. The number of carbonyl (C=O) groups is 1. The number of ether oxygens (including phenoxy) is 1. The molecule has 1 amide bonds. The Bertz CT molecular complexity index is 714. The third-order valence-corrected chi connectivity index (χ3v) is 3.48. The van der Waals surface area contributed by atoms with E-state index >= 15 is 0 Å². The molecule has 0 spiro atoms. The van der Waals surface area contributed by atoms with Gasteiger partial charge in [0, 0.05) is 13.5 Å². The topological polar surface area (TPSA) is 112 Å².